The lowest BCUT2D eigenvalue weighted by Crippen LogP contribution is -2.29. The normalized spacial score (nSPS) is 12.6. The fraction of sp³-hybridized carbons (Fsp3) is 0.346. The molecule has 3 rings (SSSR count). The highest BCUT2D eigenvalue weighted by Gasteiger charge is 2.34. The molecule has 188 valence electrons. The first-order chi connectivity index (χ1) is 16.6. The molecule has 4 nitrogen and oxygen atoms in total. The summed E-state index contributed by atoms with van der Waals surface area (Å²) in [6, 6.07) is 13.0. The topological polar surface area (TPSA) is 49.8 Å². The molecule has 1 aromatic heterocycles. The predicted molar refractivity (Wildman–Crippen MR) is 132 cm³/mol. The number of alkyl halides is 3. The molecular formula is C26H27ClF3NO3S. The minimum absolute atomic E-state index is 0.0802. The van der Waals surface area contributed by atoms with E-state index < -0.39 is 17.7 Å². The van der Waals surface area contributed by atoms with Crippen molar-refractivity contribution in [1.29, 1.82) is 0 Å². The molecule has 0 spiro atoms. The quantitative estimate of drug-likeness (QED) is 0.256. The van der Waals surface area contributed by atoms with Gasteiger partial charge in [0.15, 0.2) is 0 Å². The largest absolute Gasteiger partial charge is 0.494 e. The van der Waals surface area contributed by atoms with Crippen molar-refractivity contribution in [2.75, 3.05) is 19.7 Å². The number of nitrogens with zero attached hydrogens (tertiary/aromatic N) is 1. The van der Waals surface area contributed by atoms with E-state index in [1.807, 2.05) is 5.38 Å². The Balaban J connectivity index is 1.66. The summed E-state index contributed by atoms with van der Waals surface area (Å²) in [7, 11) is 0. The molecule has 0 bridgehead atoms. The first-order valence-electron chi connectivity index (χ1n) is 11.2. The molecule has 0 fully saturated rings. The molecule has 2 aromatic carbocycles. The summed E-state index contributed by atoms with van der Waals surface area (Å²) < 4.78 is 45.8. The van der Waals surface area contributed by atoms with Crippen LogP contribution in [-0.4, -0.2) is 35.7 Å². The highest BCUT2D eigenvalue weighted by atomic mass is 35.5. The Kier molecular flexibility index (Phi) is 9.60. The molecule has 1 heterocycles. The SMILES string of the molecule is C[C@@H](CN(CCCOc1cccc(CC(=O)O)c1)Cc1cccc(C(F)(F)F)c1Cl)c1ccsc1. The lowest BCUT2D eigenvalue weighted by atomic mass is 10.0. The molecule has 1 N–H and O–H groups in total. The monoisotopic (exact) mass is 525 g/mol. The van der Waals surface area contributed by atoms with Gasteiger partial charge in [0.1, 0.15) is 5.75 Å². The highest BCUT2D eigenvalue weighted by molar-refractivity contribution is 7.08. The summed E-state index contributed by atoms with van der Waals surface area (Å²) >= 11 is 7.76. The van der Waals surface area contributed by atoms with E-state index in [9.17, 15) is 18.0 Å². The third kappa shape index (κ3) is 8.26. The van der Waals surface area contributed by atoms with Crippen molar-refractivity contribution >= 4 is 28.9 Å². The Morgan fingerprint density at radius 3 is 2.66 bits per heavy atom. The van der Waals surface area contributed by atoms with Crippen LogP contribution in [0.25, 0.3) is 0 Å². The maximum atomic E-state index is 13.3. The van der Waals surface area contributed by atoms with E-state index in [1.54, 1.807) is 41.7 Å². The van der Waals surface area contributed by atoms with Gasteiger partial charge in [-0.25, -0.2) is 0 Å². The van der Waals surface area contributed by atoms with Crippen LogP contribution < -0.4 is 4.74 Å². The van der Waals surface area contributed by atoms with Gasteiger partial charge in [-0.2, -0.15) is 24.5 Å². The van der Waals surface area contributed by atoms with E-state index in [-0.39, 0.29) is 23.9 Å². The third-order valence-electron chi connectivity index (χ3n) is 5.56. The van der Waals surface area contributed by atoms with Crippen molar-refractivity contribution in [3.8, 4) is 5.75 Å². The number of hydrogen-bond donors (Lipinski definition) is 1. The zero-order chi connectivity index (χ0) is 25.4. The zero-order valence-corrected chi connectivity index (χ0v) is 20.8. The number of carbonyl (C=O) groups is 1. The number of aliphatic carboxylic acids is 1. The molecule has 0 radical (unpaired) electrons. The van der Waals surface area contributed by atoms with Crippen LogP contribution in [-0.2, 0) is 23.9 Å². The summed E-state index contributed by atoms with van der Waals surface area (Å²) in [6.07, 6.45) is -3.95. The van der Waals surface area contributed by atoms with Gasteiger partial charge in [-0.05, 0) is 64.1 Å². The van der Waals surface area contributed by atoms with Gasteiger partial charge in [0.2, 0.25) is 0 Å². The minimum atomic E-state index is -4.51. The van der Waals surface area contributed by atoms with E-state index in [2.05, 4.69) is 23.3 Å². The van der Waals surface area contributed by atoms with Crippen molar-refractivity contribution in [3.05, 3.63) is 86.6 Å². The molecule has 0 unspecified atom stereocenters. The number of halogens is 4. The van der Waals surface area contributed by atoms with E-state index in [0.29, 0.717) is 43.0 Å². The zero-order valence-electron chi connectivity index (χ0n) is 19.2. The smallest absolute Gasteiger partial charge is 0.417 e. The van der Waals surface area contributed by atoms with Crippen LogP contribution in [0, 0.1) is 0 Å². The Morgan fingerprint density at radius 1 is 1.20 bits per heavy atom. The Labute approximate surface area is 211 Å². The molecule has 3 aromatic rings. The molecule has 0 saturated heterocycles. The van der Waals surface area contributed by atoms with Gasteiger partial charge in [0.05, 0.1) is 23.6 Å². The Hall–Kier alpha value is -2.55. The van der Waals surface area contributed by atoms with Crippen LogP contribution in [0.15, 0.2) is 59.3 Å². The average Bonchev–Trinajstić information content (AvgIpc) is 3.32. The second-order valence-corrected chi connectivity index (χ2v) is 9.55. The number of rotatable bonds is 12. The molecular weight excluding hydrogens is 499 g/mol. The lowest BCUT2D eigenvalue weighted by molar-refractivity contribution is -0.138. The van der Waals surface area contributed by atoms with Crippen LogP contribution >= 0.6 is 22.9 Å². The summed E-state index contributed by atoms with van der Waals surface area (Å²) in [6.45, 7) is 4.00. The number of ether oxygens (including phenoxy) is 1. The first-order valence-corrected chi connectivity index (χ1v) is 12.5. The summed E-state index contributed by atoms with van der Waals surface area (Å²) in [5.74, 6) is -0.131. The average molecular weight is 526 g/mol. The molecule has 0 amide bonds. The molecule has 1 atom stereocenters. The van der Waals surface area contributed by atoms with Crippen LogP contribution in [0.1, 0.15) is 41.5 Å². The maximum absolute atomic E-state index is 13.3. The Morgan fingerprint density at radius 2 is 1.97 bits per heavy atom. The van der Waals surface area contributed by atoms with Gasteiger partial charge in [-0.15, -0.1) is 0 Å². The van der Waals surface area contributed by atoms with Gasteiger partial charge >= 0.3 is 12.1 Å². The van der Waals surface area contributed by atoms with Crippen LogP contribution in [0.2, 0.25) is 5.02 Å². The molecule has 0 aliphatic rings. The van der Waals surface area contributed by atoms with Crippen molar-refractivity contribution in [1.82, 2.24) is 4.90 Å². The number of carboxylic acid groups (broad SMARTS) is 1. The second kappa shape index (κ2) is 12.4. The van der Waals surface area contributed by atoms with Crippen molar-refractivity contribution in [3.63, 3.8) is 0 Å². The van der Waals surface area contributed by atoms with E-state index >= 15 is 0 Å². The van der Waals surface area contributed by atoms with E-state index in [0.717, 1.165) is 6.07 Å². The van der Waals surface area contributed by atoms with Gasteiger partial charge < -0.3 is 9.84 Å². The van der Waals surface area contributed by atoms with Gasteiger partial charge in [0, 0.05) is 19.6 Å². The van der Waals surface area contributed by atoms with E-state index in [1.165, 1.54) is 11.6 Å². The lowest BCUT2D eigenvalue weighted by Gasteiger charge is -2.26. The first kappa shape index (κ1) is 27.0. The van der Waals surface area contributed by atoms with E-state index in [4.69, 9.17) is 21.4 Å². The van der Waals surface area contributed by atoms with Gasteiger partial charge in [-0.3, -0.25) is 9.69 Å². The second-order valence-electron chi connectivity index (χ2n) is 8.39. The number of carboxylic acids is 1. The number of hydrogen-bond acceptors (Lipinski definition) is 4. The van der Waals surface area contributed by atoms with Crippen molar-refractivity contribution in [2.24, 2.45) is 0 Å². The number of benzene rings is 2. The number of thiophene rings is 1. The molecule has 0 aliphatic carbocycles. The van der Waals surface area contributed by atoms with Gasteiger partial charge in [0.25, 0.3) is 0 Å². The predicted octanol–water partition coefficient (Wildman–Crippen LogP) is 7.12. The summed E-state index contributed by atoms with van der Waals surface area (Å²) in [5, 5.41) is 12.8. The standard InChI is InChI=1S/C26H27ClF3NO3S/c1-18(21-9-12-35-17-21)15-31(16-20-6-3-8-23(25(20)27)26(28,29)30)10-4-11-34-22-7-2-5-19(13-22)14-24(32)33/h2-3,5-9,12-13,17-18H,4,10-11,14-16H2,1H3,(H,32,33)/t18-/m0/s1. The molecule has 35 heavy (non-hydrogen) atoms. The van der Waals surface area contributed by atoms with Gasteiger partial charge in [-0.1, -0.05) is 42.8 Å². The minimum Gasteiger partial charge on any atom is -0.494 e. The fourth-order valence-electron chi connectivity index (χ4n) is 3.84. The maximum Gasteiger partial charge on any atom is 0.417 e. The summed E-state index contributed by atoms with van der Waals surface area (Å²) in [5.41, 5.74) is 1.44. The summed E-state index contributed by atoms with van der Waals surface area (Å²) in [4.78, 5) is 13.0. The highest BCUT2D eigenvalue weighted by Crippen LogP contribution is 2.36. The van der Waals surface area contributed by atoms with Crippen LogP contribution in [0.5, 0.6) is 5.75 Å². The fourth-order valence-corrected chi connectivity index (χ4v) is 4.92. The van der Waals surface area contributed by atoms with Crippen LogP contribution in [0.4, 0.5) is 13.2 Å². The van der Waals surface area contributed by atoms with Crippen LogP contribution in [0.3, 0.4) is 0 Å². The molecule has 9 heteroatoms. The Bertz CT molecular complexity index is 1110. The molecule has 0 aliphatic heterocycles. The molecule has 0 saturated carbocycles. The van der Waals surface area contributed by atoms with Crippen molar-refractivity contribution in [2.45, 2.75) is 38.4 Å². The van der Waals surface area contributed by atoms with Crippen molar-refractivity contribution < 1.29 is 27.8 Å². The third-order valence-corrected chi connectivity index (χ3v) is 6.71.